The fourth-order valence-corrected chi connectivity index (χ4v) is 2.44. The highest BCUT2D eigenvalue weighted by molar-refractivity contribution is 5.78. The third-order valence-corrected chi connectivity index (χ3v) is 3.98. The minimum Gasteiger partial charge on any atom is -0.496 e. The van der Waals surface area contributed by atoms with Gasteiger partial charge in [0.2, 0.25) is 5.91 Å². The highest BCUT2D eigenvalue weighted by Crippen LogP contribution is 2.21. The molecule has 118 valence electrons. The second kappa shape index (κ2) is 8.67. The number of carbonyl (C=O) groups excluding carboxylic acids is 1. The number of carbonyl (C=O) groups is 1. The van der Waals surface area contributed by atoms with Crippen LogP contribution in [0.3, 0.4) is 0 Å². The standard InChI is InChI=1S/C17H28N2O2/c1-13(8-7-11-18)17(20)19(3)14(2)12-15-9-5-6-10-16(15)21-4/h5-6,9-10,13-14H,7-8,11-12,18H2,1-4H3. The number of methoxy groups -OCH3 is 1. The molecule has 0 saturated carbocycles. The Hall–Kier alpha value is -1.55. The molecule has 1 rings (SSSR count). The van der Waals surface area contributed by atoms with E-state index < -0.39 is 0 Å². The highest BCUT2D eigenvalue weighted by Gasteiger charge is 2.22. The van der Waals surface area contributed by atoms with Crippen molar-refractivity contribution in [1.82, 2.24) is 4.90 Å². The summed E-state index contributed by atoms with van der Waals surface area (Å²) in [4.78, 5) is 14.2. The Labute approximate surface area is 128 Å². The van der Waals surface area contributed by atoms with E-state index in [0.29, 0.717) is 6.54 Å². The second-order valence-corrected chi connectivity index (χ2v) is 5.65. The molecule has 1 aromatic rings. The molecule has 0 spiro atoms. The van der Waals surface area contributed by atoms with E-state index in [-0.39, 0.29) is 17.9 Å². The molecule has 2 atom stereocenters. The van der Waals surface area contributed by atoms with E-state index in [1.807, 2.05) is 43.1 Å². The quantitative estimate of drug-likeness (QED) is 0.801. The lowest BCUT2D eigenvalue weighted by molar-refractivity contribution is -0.135. The molecular formula is C17H28N2O2. The van der Waals surface area contributed by atoms with Crippen molar-refractivity contribution < 1.29 is 9.53 Å². The molecule has 0 saturated heterocycles. The van der Waals surface area contributed by atoms with Gasteiger partial charge in [0.1, 0.15) is 5.75 Å². The normalized spacial score (nSPS) is 13.6. The maximum absolute atomic E-state index is 12.4. The van der Waals surface area contributed by atoms with Crippen molar-refractivity contribution in [3.63, 3.8) is 0 Å². The van der Waals surface area contributed by atoms with Crippen LogP contribution in [0.5, 0.6) is 5.75 Å². The first kappa shape index (κ1) is 17.5. The molecule has 0 radical (unpaired) electrons. The summed E-state index contributed by atoms with van der Waals surface area (Å²) in [5, 5.41) is 0. The topological polar surface area (TPSA) is 55.6 Å². The summed E-state index contributed by atoms with van der Waals surface area (Å²) in [6.07, 6.45) is 2.53. The average Bonchev–Trinajstić information content (AvgIpc) is 2.51. The Bertz CT molecular complexity index is 448. The minimum atomic E-state index is 0.0265. The third-order valence-electron chi connectivity index (χ3n) is 3.98. The monoisotopic (exact) mass is 292 g/mol. The van der Waals surface area contributed by atoms with Gasteiger partial charge >= 0.3 is 0 Å². The Kier molecular flexibility index (Phi) is 7.23. The van der Waals surface area contributed by atoms with Gasteiger partial charge in [-0.05, 0) is 44.4 Å². The minimum absolute atomic E-state index is 0.0265. The first-order chi connectivity index (χ1) is 10.0. The smallest absolute Gasteiger partial charge is 0.225 e. The van der Waals surface area contributed by atoms with Gasteiger partial charge in [-0.2, -0.15) is 0 Å². The maximum atomic E-state index is 12.4. The van der Waals surface area contributed by atoms with E-state index in [4.69, 9.17) is 10.5 Å². The number of nitrogens with two attached hydrogens (primary N) is 1. The molecule has 1 amide bonds. The van der Waals surface area contributed by atoms with E-state index in [2.05, 4.69) is 6.92 Å². The molecule has 0 aliphatic heterocycles. The van der Waals surface area contributed by atoms with Gasteiger partial charge in [0.15, 0.2) is 0 Å². The van der Waals surface area contributed by atoms with E-state index in [1.54, 1.807) is 7.11 Å². The van der Waals surface area contributed by atoms with Gasteiger partial charge in [0.05, 0.1) is 7.11 Å². The van der Waals surface area contributed by atoms with Crippen LogP contribution < -0.4 is 10.5 Å². The van der Waals surface area contributed by atoms with E-state index in [0.717, 1.165) is 30.6 Å². The molecular weight excluding hydrogens is 264 g/mol. The zero-order chi connectivity index (χ0) is 15.8. The van der Waals surface area contributed by atoms with Crippen molar-refractivity contribution in [3.05, 3.63) is 29.8 Å². The number of hydrogen-bond acceptors (Lipinski definition) is 3. The molecule has 2 N–H and O–H groups in total. The van der Waals surface area contributed by atoms with Gasteiger partial charge < -0.3 is 15.4 Å². The number of ether oxygens (including phenoxy) is 1. The molecule has 2 unspecified atom stereocenters. The summed E-state index contributed by atoms with van der Waals surface area (Å²) in [7, 11) is 3.55. The number of hydrogen-bond donors (Lipinski definition) is 1. The van der Waals surface area contributed by atoms with Gasteiger partial charge in [0, 0.05) is 19.0 Å². The Morgan fingerprint density at radius 2 is 2.00 bits per heavy atom. The molecule has 0 fully saturated rings. The number of likely N-dealkylation sites (N-methyl/N-ethyl adjacent to an activating group) is 1. The van der Waals surface area contributed by atoms with Crippen LogP contribution in [-0.2, 0) is 11.2 Å². The van der Waals surface area contributed by atoms with Gasteiger partial charge in [-0.15, -0.1) is 0 Å². The van der Waals surface area contributed by atoms with Crippen molar-refractivity contribution >= 4 is 5.91 Å². The second-order valence-electron chi connectivity index (χ2n) is 5.65. The number of para-hydroxylation sites is 1. The van der Waals surface area contributed by atoms with E-state index in [1.165, 1.54) is 0 Å². The Morgan fingerprint density at radius 1 is 1.33 bits per heavy atom. The lowest BCUT2D eigenvalue weighted by Gasteiger charge is -2.28. The van der Waals surface area contributed by atoms with E-state index >= 15 is 0 Å². The van der Waals surface area contributed by atoms with Crippen molar-refractivity contribution in [2.75, 3.05) is 20.7 Å². The number of rotatable bonds is 8. The van der Waals surface area contributed by atoms with Crippen molar-refractivity contribution in [3.8, 4) is 5.75 Å². The summed E-state index contributed by atoms with van der Waals surface area (Å²) >= 11 is 0. The molecule has 0 aliphatic rings. The summed E-state index contributed by atoms with van der Waals surface area (Å²) in [5.41, 5.74) is 6.63. The molecule has 21 heavy (non-hydrogen) atoms. The average molecular weight is 292 g/mol. The predicted octanol–water partition coefficient (Wildman–Crippen LogP) is 2.46. The van der Waals surface area contributed by atoms with Crippen LogP contribution in [0.2, 0.25) is 0 Å². The largest absolute Gasteiger partial charge is 0.496 e. The SMILES string of the molecule is COc1ccccc1CC(C)N(C)C(=O)C(C)CCCN. The summed E-state index contributed by atoms with van der Waals surface area (Å²) in [6, 6.07) is 8.08. The first-order valence-corrected chi connectivity index (χ1v) is 7.59. The number of amides is 1. The maximum Gasteiger partial charge on any atom is 0.225 e. The Balaban J connectivity index is 2.65. The molecule has 0 aliphatic carbocycles. The van der Waals surface area contributed by atoms with Gasteiger partial charge in [-0.3, -0.25) is 4.79 Å². The lowest BCUT2D eigenvalue weighted by atomic mass is 10.0. The third kappa shape index (κ3) is 5.05. The molecule has 4 heteroatoms. The van der Waals surface area contributed by atoms with E-state index in [9.17, 15) is 4.79 Å². The fraction of sp³-hybridized carbons (Fsp3) is 0.588. The predicted molar refractivity (Wildman–Crippen MR) is 86.4 cm³/mol. The molecule has 0 aromatic heterocycles. The zero-order valence-corrected chi connectivity index (χ0v) is 13.6. The van der Waals surface area contributed by atoms with Crippen molar-refractivity contribution in [1.29, 1.82) is 0 Å². The molecule has 4 nitrogen and oxygen atoms in total. The lowest BCUT2D eigenvalue weighted by Crippen LogP contribution is -2.39. The highest BCUT2D eigenvalue weighted by atomic mass is 16.5. The van der Waals surface area contributed by atoms with Crippen molar-refractivity contribution in [2.24, 2.45) is 11.7 Å². The Morgan fingerprint density at radius 3 is 2.62 bits per heavy atom. The van der Waals surface area contributed by atoms with Crippen LogP contribution in [0, 0.1) is 5.92 Å². The van der Waals surface area contributed by atoms with Gasteiger partial charge in [-0.25, -0.2) is 0 Å². The summed E-state index contributed by atoms with van der Waals surface area (Å²) in [5.74, 6) is 1.09. The summed E-state index contributed by atoms with van der Waals surface area (Å²) in [6.45, 7) is 4.68. The van der Waals surface area contributed by atoms with Gasteiger partial charge in [0.25, 0.3) is 0 Å². The first-order valence-electron chi connectivity index (χ1n) is 7.59. The van der Waals surface area contributed by atoms with Crippen LogP contribution in [0.1, 0.15) is 32.3 Å². The van der Waals surface area contributed by atoms with Crippen LogP contribution in [0.4, 0.5) is 0 Å². The molecule has 0 bridgehead atoms. The molecule has 0 heterocycles. The number of nitrogens with zero attached hydrogens (tertiary/aromatic N) is 1. The van der Waals surface area contributed by atoms with Crippen LogP contribution >= 0.6 is 0 Å². The van der Waals surface area contributed by atoms with Crippen molar-refractivity contribution in [2.45, 2.75) is 39.2 Å². The van der Waals surface area contributed by atoms with Gasteiger partial charge in [-0.1, -0.05) is 25.1 Å². The van der Waals surface area contributed by atoms with Crippen LogP contribution in [-0.4, -0.2) is 37.6 Å². The fourth-order valence-electron chi connectivity index (χ4n) is 2.44. The summed E-state index contributed by atoms with van der Waals surface area (Å²) < 4.78 is 5.37. The molecule has 1 aromatic carbocycles. The number of benzene rings is 1. The van der Waals surface area contributed by atoms with Crippen LogP contribution in [0.25, 0.3) is 0 Å². The van der Waals surface area contributed by atoms with Crippen LogP contribution in [0.15, 0.2) is 24.3 Å². The zero-order valence-electron chi connectivity index (χ0n) is 13.6.